The quantitative estimate of drug-likeness (QED) is 0.631. The largest absolute Gasteiger partial charge is 0.354 e. The van der Waals surface area contributed by atoms with Gasteiger partial charge in [-0.25, -0.2) is 0 Å². The Hall–Kier alpha value is -2.09. The molecule has 0 aliphatic carbocycles. The van der Waals surface area contributed by atoms with Gasteiger partial charge in [0, 0.05) is 21.8 Å². The minimum absolute atomic E-state index is 0.115. The zero-order chi connectivity index (χ0) is 11.8. The third-order valence-corrected chi connectivity index (χ3v) is 3.18. The van der Waals surface area contributed by atoms with Gasteiger partial charge in [0.25, 0.3) is 0 Å². The van der Waals surface area contributed by atoms with E-state index in [9.17, 15) is 4.79 Å². The zero-order valence-corrected chi connectivity index (χ0v) is 9.66. The lowest BCUT2D eigenvalue weighted by molar-refractivity contribution is 1.14. The second-order valence-electron chi connectivity index (χ2n) is 4.23. The number of fused-ring (bicyclic) bond motifs is 2. The van der Waals surface area contributed by atoms with Crippen molar-refractivity contribution in [2.45, 2.75) is 13.3 Å². The highest BCUT2D eigenvalue weighted by atomic mass is 16.1. The lowest BCUT2D eigenvalue weighted by Gasteiger charge is -2.04. The highest BCUT2D eigenvalue weighted by Crippen LogP contribution is 2.16. The van der Waals surface area contributed by atoms with Crippen molar-refractivity contribution in [3.63, 3.8) is 0 Å². The monoisotopic (exact) mass is 223 g/mol. The van der Waals surface area contributed by atoms with E-state index >= 15 is 0 Å². The molecule has 0 aliphatic heterocycles. The molecule has 0 saturated heterocycles. The molecule has 84 valence electrons. The summed E-state index contributed by atoms with van der Waals surface area (Å²) < 4.78 is 0. The van der Waals surface area contributed by atoms with Crippen molar-refractivity contribution in [1.82, 2.24) is 4.98 Å². The first kappa shape index (κ1) is 10.1. The summed E-state index contributed by atoms with van der Waals surface area (Å²) in [6.45, 7) is 2.09. The van der Waals surface area contributed by atoms with E-state index in [0.717, 1.165) is 28.2 Å². The number of hydrogen-bond acceptors (Lipinski definition) is 1. The maximum atomic E-state index is 12.3. The standard InChI is InChI=1S/C15H13NO/c1-2-10-7-8-14-12(9-10)15(17)11-5-3-4-6-13(11)16-14/h3-9H,2H2,1H3,(H,16,17). The average Bonchev–Trinajstić information content (AvgIpc) is 2.39. The Balaban J connectivity index is 2.51. The summed E-state index contributed by atoms with van der Waals surface area (Å²) in [5, 5.41) is 1.54. The SMILES string of the molecule is CCc1ccc2[nH]c3ccccc3c(=O)c2c1. The number of rotatable bonds is 1. The van der Waals surface area contributed by atoms with E-state index in [-0.39, 0.29) is 5.43 Å². The predicted octanol–water partition coefficient (Wildman–Crippen LogP) is 3.24. The van der Waals surface area contributed by atoms with E-state index < -0.39 is 0 Å². The Kier molecular flexibility index (Phi) is 2.22. The van der Waals surface area contributed by atoms with Crippen LogP contribution in [0.1, 0.15) is 12.5 Å². The Morgan fingerprint density at radius 2 is 1.76 bits per heavy atom. The lowest BCUT2D eigenvalue weighted by atomic mass is 10.1. The van der Waals surface area contributed by atoms with Gasteiger partial charge in [-0.1, -0.05) is 25.1 Å². The van der Waals surface area contributed by atoms with Crippen LogP contribution in [0.3, 0.4) is 0 Å². The number of aromatic nitrogens is 1. The number of aromatic amines is 1. The first-order chi connectivity index (χ1) is 8.29. The van der Waals surface area contributed by atoms with Crippen LogP contribution in [-0.2, 0) is 6.42 Å². The number of pyridine rings is 1. The van der Waals surface area contributed by atoms with Crippen LogP contribution >= 0.6 is 0 Å². The van der Waals surface area contributed by atoms with E-state index in [2.05, 4.69) is 18.0 Å². The lowest BCUT2D eigenvalue weighted by Crippen LogP contribution is -2.04. The number of benzene rings is 2. The van der Waals surface area contributed by atoms with E-state index in [0.29, 0.717) is 0 Å². The molecule has 0 bridgehead atoms. The van der Waals surface area contributed by atoms with Crippen molar-refractivity contribution >= 4 is 21.8 Å². The van der Waals surface area contributed by atoms with Gasteiger partial charge >= 0.3 is 0 Å². The van der Waals surface area contributed by atoms with E-state index in [4.69, 9.17) is 0 Å². The Bertz CT molecular complexity index is 756. The van der Waals surface area contributed by atoms with E-state index in [1.54, 1.807) is 0 Å². The molecular formula is C15H13NO. The van der Waals surface area contributed by atoms with Crippen LogP contribution in [0.25, 0.3) is 21.8 Å². The molecule has 1 heterocycles. The first-order valence-corrected chi connectivity index (χ1v) is 5.83. The molecule has 0 spiro atoms. The number of hydrogen-bond donors (Lipinski definition) is 1. The van der Waals surface area contributed by atoms with Gasteiger partial charge in [-0.15, -0.1) is 0 Å². The molecule has 2 heteroatoms. The van der Waals surface area contributed by atoms with Gasteiger partial charge in [0.15, 0.2) is 5.43 Å². The third kappa shape index (κ3) is 1.53. The molecular weight excluding hydrogens is 210 g/mol. The minimum Gasteiger partial charge on any atom is -0.354 e. The second kappa shape index (κ2) is 3.74. The summed E-state index contributed by atoms with van der Waals surface area (Å²) in [6, 6.07) is 13.7. The molecule has 0 radical (unpaired) electrons. The molecule has 0 saturated carbocycles. The smallest absolute Gasteiger partial charge is 0.197 e. The van der Waals surface area contributed by atoms with Crippen LogP contribution in [0.5, 0.6) is 0 Å². The fraction of sp³-hybridized carbons (Fsp3) is 0.133. The fourth-order valence-electron chi connectivity index (χ4n) is 2.19. The van der Waals surface area contributed by atoms with Gasteiger partial charge in [0.2, 0.25) is 0 Å². The Morgan fingerprint density at radius 3 is 2.59 bits per heavy atom. The van der Waals surface area contributed by atoms with Crippen molar-refractivity contribution in [2.24, 2.45) is 0 Å². The normalized spacial score (nSPS) is 11.1. The highest BCUT2D eigenvalue weighted by Gasteiger charge is 2.04. The van der Waals surface area contributed by atoms with Crippen molar-refractivity contribution in [3.8, 4) is 0 Å². The zero-order valence-electron chi connectivity index (χ0n) is 9.66. The maximum Gasteiger partial charge on any atom is 0.197 e. The van der Waals surface area contributed by atoms with Crippen LogP contribution in [0.2, 0.25) is 0 Å². The van der Waals surface area contributed by atoms with Crippen molar-refractivity contribution < 1.29 is 0 Å². The highest BCUT2D eigenvalue weighted by molar-refractivity contribution is 5.92. The number of aryl methyl sites for hydroxylation is 1. The molecule has 2 aromatic carbocycles. The van der Waals surface area contributed by atoms with Crippen LogP contribution in [0, 0.1) is 0 Å². The Morgan fingerprint density at radius 1 is 1.00 bits per heavy atom. The molecule has 2 nitrogen and oxygen atoms in total. The van der Waals surface area contributed by atoms with Crippen LogP contribution in [0.4, 0.5) is 0 Å². The van der Waals surface area contributed by atoms with Crippen molar-refractivity contribution in [2.75, 3.05) is 0 Å². The van der Waals surface area contributed by atoms with Crippen LogP contribution in [-0.4, -0.2) is 4.98 Å². The maximum absolute atomic E-state index is 12.3. The van der Waals surface area contributed by atoms with Crippen LogP contribution < -0.4 is 5.43 Å². The number of para-hydroxylation sites is 1. The molecule has 17 heavy (non-hydrogen) atoms. The van der Waals surface area contributed by atoms with Gasteiger partial charge in [-0.2, -0.15) is 0 Å². The summed E-state index contributed by atoms with van der Waals surface area (Å²) in [4.78, 5) is 15.6. The summed E-state index contributed by atoms with van der Waals surface area (Å²) in [7, 11) is 0. The summed E-state index contributed by atoms with van der Waals surface area (Å²) in [5.74, 6) is 0. The molecule has 1 N–H and O–H groups in total. The van der Waals surface area contributed by atoms with Crippen molar-refractivity contribution in [3.05, 3.63) is 58.3 Å². The average molecular weight is 223 g/mol. The van der Waals surface area contributed by atoms with Gasteiger partial charge < -0.3 is 4.98 Å². The van der Waals surface area contributed by atoms with E-state index in [1.807, 2.05) is 36.4 Å². The summed E-state index contributed by atoms with van der Waals surface area (Å²) >= 11 is 0. The number of nitrogens with one attached hydrogen (secondary N) is 1. The van der Waals surface area contributed by atoms with Crippen molar-refractivity contribution in [1.29, 1.82) is 0 Å². The van der Waals surface area contributed by atoms with E-state index in [1.165, 1.54) is 5.56 Å². The third-order valence-electron chi connectivity index (χ3n) is 3.18. The molecule has 0 atom stereocenters. The number of H-pyrrole nitrogens is 1. The molecule has 3 aromatic rings. The summed E-state index contributed by atoms with van der Waals surface area (Å²) in [5.41, 5.74) is 3.11. The van der Waals surface area contributed by atoms with Gasteiger partial charge in [-0.3, -0.25) is 4.79 Å². The minimum atomic E-state index is 0.115. The predicted molar refractivity (Wildman–Crippen MR) is 71.5 cm³/mol. The fourth-order valence-corrected chi connectivity index (χ4v) is 2.19. The summed E-state index contributed by atoms with van der Waals surface area (Å²) in [6.07, 6.45) is 0.947. The molecule has 0 aliphatic rings. The van der Waals surface area contributed by atoms with Gasteiger partial charge in [0.1, 0.15) is 0 Å². The second-order valence-corrected chi connectivity index (χ2v) is 4.23. The molecule has 3 rings (SSSR count). The van der Waals surface area contributed by atoms with Gasteiger partial charge in [0.05, 0.1) is 0 Å². The molecule has 0 fully saturated rings. The topological polar surface area (TPSA) is 32.9 Å². The molecule has 0 unspecified atom stereocenters. The van der Waals surface area contributed by atoms with Gasteiger partial charge in [-0.05, 0) is 36.2 Å². The molecule has 0 amide bonds. The Labute approximate surface area is 98.9 Å². The molecule has 1 aromatic heterocycles. The van der Waals surface area contributed by atoms with Crippen LogP contribution in [0.15, 0.2) is 47.3 Å². The first-order valence-electron chi connectivity index (χ1n) is 5.83.